The molecule has 0 amide bonds. The zero-order chi connectivity index (χ0) is 13.8. The molecule has 0 atom stereocenters. The number of benzene rings is 1. The molecule has 0 fully saturated rings. The summed E-state index contributed by atoms with van der Waals surface area (Å²) in [5, 5.41) is 0. The second kappa shape index (κ2) is 5.43. The van der Waals surface area contributed by atoms with Crippen molar-refractivity contribution in [1.29, 1.82) is 0 Å². The van der Waals surface area contributed by atoms with Crippen LogP contribution < -0.4 is 19.9 Å². The minimum Gasteiger partial charge on any atom is -0.493 e. The largest absolute Gasteiger partial charge is 0.493 e. The molecular weight excluding hydrogens is 248 g/mol. The van der Waals surface area contributed by atoms with Crippen molar-refractivity contribution in [3.8, 4) is 28.5 Å². The summed E-state index contributed by atoms with van der Waals surface area (Å²) in [6, 6.07) is 5.21. The van der Waals surface area contributed by atoms with E-state index in [-0.39, 0.29) is 0 Å². The molecule has 1 N–H and O–H groups in total. The van der Waals surface area contributed by atoms with E-state index in [2.05, 4.69) is 9.97 Å². The Morgan fingerprint density at radius 3 is 2.32 bits per heavy atom. The molecule has 0 saturated carbocycles. The first-order valence-electron chi connectivity index (χ1n) is 5.56. The molecule has 0 spiro atoms. The van der Waals surface area contributed by atoms with E-state index in [1.54, 1.807) is 25.3 Å². The summed E-state index contributed by atoms with van der Waals surface area (Å²) in [5.41, 5.74) is 0.867. The zero-order valence-electron chi connectivity index (χ0n) is 10.9. The van der Waals surface area contributed by atoms with Crippen LogP contribution in [0.1, 0.15) is 0 Å². The Morgan fingerprint density at radius 1 is 1.00 bits per heavy atom. The van der Waals surface area contributed by atoms with Crippen LogP contribution in [0.15, 0.2) is 29.2 Å². The fraction of sp³-hybridized carbons (Fsp3) is 0.231. The van der Waals surface area contributed by atoms with Crippen LogP contribution in [0.3, 0.4) is 0 Å². The van der Waals surface area contributed by atoms with Gasteiger partial charge in [-0.3, -0.25) is 0 Å². The highest BCUT2D eigenvalue weighted by Gasteiger charge is 2.17. The smallest absolute Gasteiger partial charge is 0.345 e. The van der Waals surface area contributed by atoms with E-state index in [9.17, 15) is 4.79 Å². The van der Waals surface area contributed by atoms with Crippen LogP contribution in [-0.2, 0) is 0 Å². The molecule has 6 nitrogen and oxygen atoms in total. The third-order valence-corrected chi connectivity index (χ3v) is 2.67. The van der Waals surface area contributed by atoms with Gasteiger partial charge in [-0.05, 0) is 18.2 Å². The fourth-order valence-corrected chi connectivity index (χ4v) is 1.84. The number of hydrogen-bond donors (Lipinski definition) is 1. The van der Waals surface area contributed by atoms with E-state index >= 15 is 0 Å². The number of methoxy groups -OCH3 is 3. The van der Waals surface area contributed by atoms with Gasteiger partial charge in [0.1, 0.15) is 0 Å². The molecular formula is C13H14N2O4. The molecule has 19 heavy (non-hydrogen) atoms. The lowest BCUT2D eigenvalue weighted by atomic mass is 10.1. The average Bonchev–Trinajstić information content (AvgIpc) is 2.45. The van der Waals surface area contributed by atoms with Crippen LogP contribution in [0, 0.1) is 0 Å². The van der Waals surface area contributed by atoms with Gasteiger partial charge in [0.15, 0.2) is 11.5 Å². The van der Waals surface area contributed by atoms with Gasteiger partial charge < -0.3 is 19.2 Å². The first kappa shape index (κ1) is 12.9. The van der Waals surface area contributed by atoms with Crippen LogP contribution in [0.5, 0.6) is 17.2 Å². The number of aromatic nitrogens is 2. The molecule has 2 aromatic rings. The number of ether oxygens (including phenoxy) is 3. The van der Waals surface area contributed by atoms with Gasteiger partial charge in [-0.15, -0.1) is 0 Å². The molecule has 2 rings (SSSR count). The van der Waals surface area contributed by atoms with Gasteiger partial charge in [-0.2, -0.15) is 0 Å². The Morgan fingerprint density at radius 2 is 1.74 bits per heavy atom. The van der Waals surface area contributed by atoms with Gasteiger partial charge in [0.2, 0.25) is 5.75 Å². The van der Waals surface area contributed by atoms with E-state index in [0.29, 0.717) is 28.5 Å². The maximum absolute atomic E-state index is 11.3. The second-order valence-corrected chi connectivity index (χ2v) is 3.67. The van der Waals surface area contributed by atoms with E-state index in [4.69, 9.17) is 14.2 Å². The van der Waals surface area contributed by atoms with Gasteiger partial charge in [-0.1, -0.05) is 0 Å². The average molecular weight is 262 g/mol. The topological polar surface area (TPSA) is 73.4 Å². The lowest BCUT2D eigenvalue weighted by Crippen LogP contribution is -2.09. The van der Waals surface area contributed by atoms with Crippen LogP contribution in [0.25, 0.3) is 11.3 Å². The monoisotopic (exact) mass is 262 g/mol. The van der Waals surface area contributed by atoms with Crippen LogP contribution in [0.2, 0.25) is 0 Å². The van der Waals surface area contributed by atoms with Crippen molar-refractivity contribution in [3.63, 3.8) is 0 Å². The first-order valence-corrected chi connectivity index (χ1v) is 5.56. The Labute approximate surface area is 110 Å². The predicted molar refractivity (Wildman–Crippen MR) is 69.9 cm³/mol. The van der Waals surface area contributed by atoms with Crippen molar-refractivity contribution in [3.05, 3.63) is 34.9 Å². The highest BCUT2D eigenvalue weighted by molar-refractivity contribution is 5.73. The second-order valence-electron chi connectivity index (χ2n) is 3.67. The van der Waals surface area contributed by atoms with Crippen molar-refractivity contribution >= 4 is 0 Å². The quantitative estimate of drug-likeness (QED) is 0.903. The number of nitrogens with zero attached hydrogens (tertiary/aromatic N) is 1. The highest BCUT2D eigenvalue weighted by atomic mass is 16.5. The third kappa shape index (κ3) is 2.37. The minimum absolute atomic E-state index is 0.422. The molecule has 6 heteroatoms. The normalized spacial score (nSPS) is 10.1. The van der Waals surface area contributed by atoms with Crippen molar-refractivity contribution in [1.82, 2.24) is 9.97 Å². The van der Waals surface area contributed by atoms with Gasteiger partial charge in [0, 0.05) is 11.8 Å². The van der Waals surface area contributed by atoms with E-state index < -0.39 is 5.69 Å². The molecule has 100 valence electrons. The van der Waals surface area contributed by atoms with Crippen LogP contribution >= 0.6 is 0 Å². The van der Waals surface area contributed by atoms with Gasteiger partial charge in [0.25, 0.3) is 0 Å². The standard InChI is InChI=1S/C13H14N2O4/c1-17-10-5-4-8(11(18-2)12(10)19-3)9-6-7-14-13(16)15-9/h4-7H,1-3H3,(H,14,15,16). The Hall–Kier alpha value is -2.50. The van der Waals surface area contributed by atoms with Crippen molar-refractivity contribution in [2.75, 3.05) is 21.3 Å². The number of H-pyrrole nitrogens is 1. The zero-order valence-corrected chi connectivity index (χ0v) is 10.9. The predicted octanol–water partition coefficient (Wildman–Crippen LogP) is 1.46. The maximum Gasteiger partial charge on any atom is 0.345 e. The Bertz CT molecular complexity index is 637. The molecule has 0 unspecified atom stereocenters. The van der Waals surface area contributed by atoms with Crippen molar-refractivity contribution in [2.24, 2.45) is 0 Å². The molecule has 0 aliphatic rings. The van der Waals surface area contributed by atoms with Gasteiger partial charge in [-0.25, -0.2) is 9.78 Å². The van der Waals surface area contributed by atoms with E-state index in [1.165, 1.54) is 20.4 Å². The van der Waals surface area contributed by atoms with Crippen LogP contribution in [0.4, 0.5) is 0 Å². The van der Waals surface area contributed by atoms with Gasteiger partial charge >= 0.3 is 5.69 Å². The molecule has 0 saturated heterocycles. The lowest BCUT2D eigenvalue weighted by molar-refractivity contribution is 0.325. The molecule has 0 radical (unpaired) electrons. The van der Waals surface area contributed by atoms with E-state index in [0.717, 1.165) is 0 Å². The maximum atomic E-state index is 11.3. The number of nitrogens with one attached hydrogen (secondary N) is 1. The molecule has 1 aromatic heterocycles. The van der Waals surface area contributed by atoms with Gasteiger partial charge in [0.05, 0.1) is 27.0 Å². The summed E-state index contributed by atoms with van der Waals surface area (Å²) in [6.45, 7) is 0. The summed E-state index contributed by atoms with van der Waals surface area (Å²) < 4.78 is 15.9. The molecule has 0 bridgehead atoms. The SMILES string of the molecule is COc1ccc(-c2ccnc(=O)[nH]2)c(OC)c1OC. The molecule has 0 aliphatic heterocycles. The number of hydrogen-bond acceptors (Lipinski definition) is 5. The summed E-state index contributed by atoms with van der Waals surface area (Å²) in [6.07, 6.45) is 1.43. The lowest BCUT2D eigenvalue weighted by Gasteiger charge is -2.15. The molecule has 1 heterocycles. The van der Waals surface area contributed by atoms with Crippen molar-refractivity contribution < 1.29 is 14.2 Å². The third-order valence-electron chi connectivity index (χ3n) is 2.67. The Balaban J connectivity index is 2.67. The summed E-state index contributed by atoms with van der Waals surface area (Å²) >= 11 is 0. The van der Waals surface area contributed by atoms with Crippen molar-refractivity contribution in [2.45, 2.75) is 0 Å². The molecule has 1 aromatic carbocycles. The highest BCUT2D eigenvalue weighted by Crippen LogP contribution is 2.43. The Kier molecular flexibility index (Phi) is 3.70. The fourth-order valence-electron chi connectivity index (χ4n) is 1.84. The summed E-state index contributed by atoms with van der Waals surface area (Å²) in [4.78, 5) is 17.5. The van der Waals surface area contributed by atoms with Crippen LogP contribution in [-0.4, -0.2) is 31.3 Å². The summed E-state index contributed by atoms with van der Waals surface area (Å²) in [7, 11) is 4.60. The first-order chi connectivity index (χ1) is 9.21. The number of aromatic amines is 1. The minimum atomic E-state index is -0.422. The molecule has 0 aliphatic carbocycles. The van der Waals surface area contributed by atoms with E-state index in [1.807, 2.05) is 0 Å². The summed E-state index contributed by atoms with van der Waals surface area (Å²) in [5.74, 6) is 1.52. The number of rotatable bonds is 4.